The number of carbonyl (C=O) groups excluding carboxylic acids is 1. The molecule has 3 aliphatic rings. The van der Waals surface area contributed by atoms with Crippen molar-refractivity contribution >= 4 is 23.0 Å². The van der Waals surface area contributed by atoms with Crippen LogP contribution < -0.4 is 5.43 Å². The number of nitrogens with zero attached hydrogens (tertiary/aromatic N) is 3. The van der Waals surface area contributed by atoms with E-state index in [0.717, 1.165) is 32.4 Å². The molecule has 2 aliphatic carbocycles. The highest BCUT2D eigenvalue weighted by atomic mass is 19.1. The van der Waals surface area contributed by atoms with E-state index in [1.165, 1.54) is 72.1 Å². The number of nitrogens with one attached hydrogen (secondary N) is 1. The molecule has 3 aromatic rings. The van der Waals surface area contributed by atoms with E-state index in [-0.39, 0.29) is 17.8 Å². The summed E-state index contributed by atoms with van der Waals surface area (Å²) in [6.07, 6.45) is 11.4. The number of aryl methyl sites for hydroxylation is 1. The predicted octanol–water partition coefficient (Wildman–Crippen LogP) is 5.67. The van der Waals surface area contributed by atoms with Crippen molar-refractivity contribution in [1.29, 1.82) is 0 Å². The Morgan fingerprint density at radius 3 is 2.77 bits per heavy atom. The Morgan fingerprint density at radius 2 is 1.91 bits per heavy atom. The average Bonchev–Trinajstić information content (AvgIpc) is 3.22. The highest BCUT2D eigenvalue weighted by Crippen LogP contribution is 2.44. The molecule has 2 aromatic carbocycles. The number of benzene rings is 2. The number of hydrogen-bond acceptors (Lipinski definition) is 3. The normalized spacial score (nSPS) is 20.9. The van der Waals surface area contributed by atoms with Gasteiger partial charge in [-0.15, -0.1) is 0 Å². The molecule has 1 saturated carbocycles. The Hall–Kier alpha value is -2.99. The fourth-order valence-corrected chi connectivity index (χ4v) is 6.55. The lowest BCUT2D eigenvalue weighted by molar-refractivity contribution is -0.123. The number of carbonyl (C=O) groups is 1. The van der Waals surface area contributed by atoms with Gasteiger partial charge in [-0.1, -0.05) is 43.5 Å². The maximum atomic E-state index is 13.8. The molecule has 182 valence electrons. The zero-order valence-electron chi connectivity index (χ0n) is 20.2. The highest BCUT2D eigenvalue weighted by Gasteiger charge is 2.35. The molecule has 1 fully saturated rings. The van der Waals surface area contributed by atoms with Crippen LogP contribution in [0, 0.1) is 5.82 Å². The van der Waals surface area contributed by atoms with Crippen LogP contribution >= 0.6 is 0 Å². The zero-order valence-corrected chi connectivity index (χ0v) is 20.2. The first kappa shape index (κ1) is 22.5. The minimum absolute atomic E-state index is 0.158. The molecular weight excluding hydrogens is 439 g/mol. The van der Waals surface area contributed by atoms with Crippen LogP contribution in [0.5, 0.6) is 0 Å². The highest BCUT2D eigenvalue weighted by molar-refractivity contribution is 5.87. The Labute approximate surface area is 206 Å². The Kier molecular flexibility index (Phi) is 6.15. The van der Waals surface area contributed by atoms with Crippen LogP contribution in [0.4, 0.5) is 4.39 Å². The summed E-state index contributed by atoms with van der Waals surface area (Å²) in [4.78, 5) is 15.0. The van der Waals surface area contributed by atoms with Gasteiger partial charge in [-0.05, 0) is 67.3 Å². The molecule has 0 unspecified atom stereocenters. The van der Waals surface area contributed by atoms with Gasteiger partial charge >= 0.3 is 0 Å². The average molecular weight is 473 g/mol. The topological polar surface area (TPSA) is 49.6 Å². The molecule has 1 atom stereocenters. The van der Waals surface area contributed by atoms with Gasteiger partial charge in [0, 0.05) is 35.2 Å². The molecule has 1 aliphatic heterocycles. The van der Waals surface area contributed by atoms with E-state index in [1.54, 1.807) is 18.2 Å². The second-order valence-electron chi connectivity index (χ2n) is 10.3. The van der Waals surface area contributed by atoms with E-state index in [9.17, 15) is 9.18 Å². The van der Waals surface area contributed by atoms with Crippen molar-refractivity contribution in [3.05, 3.63) is 70.7 Å². The molecule has 5 nitrogen and oxygen atoms in total. The van der Waals surface area contributed by atoms with Crippen LogP contribution in [0.1, 0.15) is 79.3 Å². The van der Waals surface area contributed by atoms with Crippen LogP contribution in [0.3, 0.4) is 0 Å². The number of rotatable bonds is 5. The number of amides is 1. The summed E-state index contributed by atoms with van der Waals surface area (Å²) in [6, 6.07) is 13.9. The van der Waals surface area contributed by atoms with Crippen molar-refractivity contribution in [1.82, 2.24) is 14.9 Å². The van der Waals surface area contributed by atoms with E-state index in [0.29, 0.717) is 18.0 Å². The lowest BCUT2D eigenvalue weighted by Crippen LogP contribution is -2.44. The fourth-order valence-electron chi connectivity index (χ4n) is 6.55. The molecule has 1 amide bonds. The first-order valence-electron chi connectivity index (χ1n) is 13.1. The molecule has 0 radical (unpaired) electrons. The van der Waals surface area contributed by atoms with Crippen molar-refractivity contribution < 1.29 is 9.18 Å². The minimum atomic E-state index is -0.351. The van der Waals surface area contributed by atoms with E-state index in [2.05, 4.69) is 38.2 Å². The molecule has 2 heterocycles. The second kappa shape index (κ2) is 9.57. The summed E-state index contributed by atoms with van der Waals surface area (Å²) in [6.45, 7) is 2.04. The summed E-state index contributed by atoms with van der Waals surface area (Å²) >= 11 is 0. The third-order valence-corrected chi connectivity index (χ3v) is 8.23. The van der Waals surface area contributed by atoms with Gasteiger partial charge in [-0.25, -0.2) is 9.82 Å². The SMILES string of the molecule is O=C(CN1CCn2c3c(c4cc(C5CCCCC5)ccc42)CCC[C@@H]31)N/N=C/c1ccccc1F. The second-order valence-corrected chi connectivity index (χ2v) is 10.3. The summed E-state index contributed by atoms with van der Waals surface area (Å²) in [5, 5.41) is 5.43. The van der Waals surface area contributed by atoms with Gasteiger partial charge in [0.15, 0.2) is 0 Å². The van der Waals surface area contributed by atoms with Crippen molar-refractivity contribution in [3.63, 3.8) is 0 Å². The Balaban J connectivity index is 1.21. The van der Waals surface area contributed by atoms with Crippen LogP contribution in [0.15, 0.2) is 47.6 Å². The molecule has 1 aromatic heterocycles. The number of hydrogen-bond donors (Lipinski definition) is 1. The monoisotopic (exact) mass is 472 g/mol. The molecule has 1 N–H and O–H groups in total. The van der Waals surface area contributed by atoms with Gasteiger partial charge in [0.2, 0.25) is 0 Å². The summed E-state index contributed by atoms with van der Waals surface area (Å²) in [7, 11) is 0. The third kappa shape index (κ3) is 4.29. The summed E-state index contributed by atoms with van der Waals surface area (Å²) in [5.74, 6) is 0.200. The Bertz CT molecular complexity index is 1270. The third-order valence-electron chi connectivity index (χ3n) is 8.23. The first-order chi connectivity index (χ1) is 17.2. The number of hydrazone groups is 1. The quantitative estimate of drug-likeness (QED) is 0.384. The minimum Gasteiger partial charge on any atom is -0.342 e. The lowest BCUT2D eigenvalue weighted by Gasteiger charge is -2.39. The van der Waals surface area contributed by atoms with Gasteiger partial charge < -0.3 is 4.57 Å². The van der Waals surface area contributed by atoms with Gasteiger partial charge in [0.25, 0.3) is 5.91 Å². The van der Waals surface area contributed by atoms with E-state index < -0.39 is 0 Å². The maximum Gasteiger partial charge on any atom is 0.254 e. The van der Waals surface area contributed by atoms with Crippen LogP contribution in [0.25, 0.3) is 10.9 Å². The van der Waals surface area contributed by atoms with E-state index in [4.69, 9.17) is 0 Å². The molecule has 6 rings (SSSR count). The number of fused-ring (bicyclic) bond motifs is 3. The van der Waals surface area contributed by atoms with Crippen LogP contribution in [0.2, 0.25) is 0 Å². The van der Waals surface area contributed by atoms with Crippen molar-refractivity contribution in [2.45, 2.75) is 69.9 Å². The van der Waals surface area contributed by atoms with Gasteiger partial charge in [0.05, 0.1) is 18.8 Å². The van der Waals surface area contributed by atoms with Crippen molar-refractivity contribution in [2.75, 3.05) is 13.1 Å². The van der Waals surface area contributed by atoms with Gasteiger partial charge in [0.1, 0.15) is 5.82 Å². The number of halogens is 1. The van der Waals surface area contributed by atoms with Crippen molar-refractivity contribution in [2.24, 2.45) is 5.10 Å². The molecular formula is C29H33FN4O. The van der Waals surface area contributed by atoms with Gasteiger partial charge in [-0.3, -0.25) is 9.69 Å². The largest absolute Gasteiger partial charge is 0.342 e. The van der Waals surface area contributed by atoms with Gasteiger partial charge in [-0.2, -0.15) is 5.10 Å². The smallest absolute Gasteiger partial charge is 0.254 e. The predicted molar refractivity (Wildman–Crippen MR) is 137 cm³/mol. The lowest BCUT2D eigenvalue weighted by atomic mass is 9.83. The summed E-state index contributed by atoms with van der Waals surface area (Å²) in [5.41, 5.74) is 8.75. The van der Waals surface area contributed by atoms with E-state index in [1.807, 2.05) is 0 Å². The molecule has 35 heavy (non-hydrogen) atoms. The van der Waals surface area contributed by atoms with E-state index >= 15 is 0 Å². The molecule has 6 heteroatoms. The molecule has 0 saturated heterocycles. The fraction of sp³-hybridized carbons (Fsp3) is 0.448. The zero-order chi connectivity index (χ0) is 23.8. The molecule has 0 spiro atoms. The number of aromatic nitrogens is 1. The standard InChI is InChI=1S/C29H33FN4O/c30-25-11-5-4-9-22(25)18-31-32-28(35)19-33-15-16-34-26-14-13-21(20-7-2-1-3-8-20)17-24(26)23-10-6-12-27(33)29(23)34/h4-5,9,11,13-14,17-18,20,27H,1-3,6-8,10,12,15-16,19H2,(H,32,35)/b31-18+/t27-/m0/s1. The maximum absolute atomic E-state index is 13.8. The van der Waals surface area contributed by atoms with Crippen LogP contribution in [-0.4, -0.2) is 34.7 Å². The van der Waals surface area contributed by atoms with Crippen LogP contribution in [-0.2, 0) is 17.8 Å². The molecule has 0 bridgehead atoms. The van der Waals surface area contributed by atoms with Crippen molar-refractivity contribution in [3.8, 4) is 0 Å². The Morgan fingerprint density at radius 1 is 1.06 bits per heavy atom. The summed E-state index contributed by atoms with van der Waals surface area (Å²) < 4.78 is 16.3. The first-order valence-corrected chi connectivity index (χ1v) is 13.1.